The number of furan rings is 1. The van der Waals surface area contributed by atoms with Crippen molar-refractivity contribution < 1.29 is 12.8 Å². The first kappa shape index (κ1) is 25.8. The SMILES string of the molecule is [C-]#[N+]c1ccc2c(c1)c1ccccc1n2-c1ccc2c(c1)-c1cc(-c3cccc4c3oc3ccccc34)ccc1CS(=O)(=O)C2. The van der Waals surface area contributed by atoms with Crippen molar-refractivity contribution in [1.82, 2.24) is 4.57 Å². The highest BCUT2D eigenvalue weighted by atomic mass is 32.2. The second-order valence-electron chi connectivity index (χ2n) is 11.7. The largest absolute Gasteiger partial charge is 0.455 e. The molecule has 0 saturated carbocycles. The van der Waals surface area contributed by atoms with Gasteiger partial charge in [-0.2, -0.15) is 0 Å². The first-order valence-corrected chi connectivity index (χ1v) is 16.6. The van der Waals surface area contributed by atoms with Crippen LogP contribution in [-0.2, 0) is 21.3 Å². The van der Waals surface area contributed by atoms with Crippen molar-refractivity contribution >= 4 is 59.3 Å². The second-order valence-corrected chi connectivity index (χ2v) is 13.8. The molecule has 6 heteroatoms. The van der Waals surface area contributed by atoms with Crippen molar-refractivity contribution in [2.75, 3.05) is 0 Å². The summed E-state index contributed by atoms with van der Waals surface area (Å²) in [6.07, 6.45) is 0. The zero-order valence-corrected chi connectivity index (χ0v) is 24.8. The lowest BCUT2D eigenvalue weighted by Crippen LogP contribution is -2.05. The van der Waals surface area contributed by atoms with E-state index < -0.39 is 9.84 Å². The Morgan fingerprint density at radius 2 is 1.33 bits per heavy atom. The third kappa shape index (κ3) is 3.95. The van der Waals surface area contributed by atoms with Crippen LogP contribution >= 0.6 is 0 Å². The van der Waals surface area contributed by atoms with Gasteiger partial charge in [0.25, 0.3) is 0 Å². The summed E-state index contributed by atoms with van der Waals surface area (Å²) in [5, 5.41) is 4.20. The predicted octanol–water partition coefficient (Wildman–Crippen LogP) is 10.00. The average molecular weight is 601 g/mol. The van der Waals surface area contributed by atoms with Crippen LogP contribution in [0.4, 0.5) is 5.69 Å². The molecule has 0 atom stereocenters. The van der Waals surface area contributed by atoms with Gasteiger partial charge in [-0.05, 0) is 75.7 Å². The summed E-state index contributed by atoms with van der Waals surface area (Å²) in [5.74, 6) is -0.0381. The molecule has 214 valence electrons. The van der Waals surface area contributed by atoms with Crippen molar-refractivity contribution in [3.05, 3.63) is 144 Å². The van der Waals surface area contributed by atoms with Gasteiger partial charge in [0.2, 0.25) is 0 Å². The molecule has 9 rings (SSSR count). The Morgan fingerprint density at radius 1 is 0.622 bits per heavy atom. The van der Waals surface area contributed by atoms with Crippen LogP contribution in [0.1, 0.15) is 11.1 Å². The lowest BCUT2D eigenvalue weighted by molar-refractivity contribution is 0.595. The summed E-state index contributed by atoms with van der Waals surface area (Å²) in [6.45, 7) is 7.54. The Labute approximate surface area is 259 Å². The molecule has 5 nitrogen and oxygen atoms in total. The summed E-state index contributed by atoms with van der Waals surface area (Å²) in [4.78, 5) is 3.66. The topological polar surface area (TPSA) is 56.6 Å². The Balaban J connectivity index is 1.29. The molecule has 6 aromatic carbocycles. The minimum absolute atomic E-state index is 0.0176. The van der Waals surface area contributed by atoms with E-state index in [9.17, 15) is 8.42 Å². The minimum Gasteiger partial charge on any atom is -0.455 e. The highest BCUT2D eigenvalue weighted by Crippen LogP contribution is 2.42. The van der Waals surface area contributed by atoms with E-state index in [4.69, 9.17) is 11.0 Å². The van der Waals surface area contributed by atoms with E-state index in [1.54, 1.807) is 0 Å². The van der Waals surface area contributed by atoms with Crippen LogP contribution in [0.5, 0.6) is 0 Å². The Kier molecular flexibility index (Phi) is 5.41. The lowest BCUT2D eigenvalue weighted by Gasteiger charge is -2.15. The maximum absolute atomic E-state index is 13.3. The molecule has 1 aliphatic rings. The maximum Gasteiger partial charge on any atom is 0.188 e. The standard InChI is InChI=1S/C39H24N2O3S/c1-40-27-16-18-37-35(20-27)30-7-2-4-11-36(30)41(37)28-17-15-26-23-45(42,43)22-25-14-13-24(19-33(25)34(26)21-28)29-9-6-10-32-31-8-3-5-12-38(31)44-39(29)32/h2-21H,22-23H2. The summed E-state index contributed by atoms with van der Waals surface area (Å²) in [6, 6.07) is 40.4. The third-order valence-electron chi connectivity index (χ3n) is 9.00. The highest BCUT2D eigenvalue weighted by Gasteiger charge is 2.26. The van der Waals surface area contributed by atoms with Crippen molar-refractivity contribution in [1.29, 1.82) is 0 Å². The quantitative estimate of drug-likeness (QED) is 0.186. The second kappa shape index (κ2) is 9.43. The zero-order valence-electron chi connectivity index (χ0n) is 24.0. The van der Waals surface area contributed by atoms with Crippen LogP contribution in [0.15, 0.2) is 126 Å². The number of nitrogens with zero attached hydrogens (tertiary/aromatic N) is 2. The van der Waals surface area contributed by atoms with Crippen LogP contribution in [0.2, 0.25) is 0 Å². The molecule has 1 aliphatic heterocycles. The van der Waals surface area contributed by atoms with Crippen LogP contribution in [0.25, 0.3) is 76.5 Å². The molecule has 0 amide bonds. The summed E-state index contributed by atoms with van der Waals surface area (Å²) in [5.41, 5.74) is 10.5. The zero-order chi connectivity index (χ0) is 30.3. The molecule has 0 saturated heterocycles. The third-order valence-corrected chi connectivity index (χ3v) is 10.5. The normalized spacial score (nSPS) is 13.9. The number of fused-ring (bicyclic) bond motifs is 9. The van der Waals surface area contributed by atoms with Crippen molar-refractivity contribution in [2.24, 2.45) is 0 Å². The number of para-hydroxylation sites is 3. The smallest absolute Gasteiger partial charge is 0.188 e. The minimum atomic E-state index is -3.37. The molecular weight excluding hydrogens is 577 g/mol. The van der Waals surface area contributed by atoms with E-state index in [2.05, 4.69) is 51.9 Å². The Bertz CT molecular complexity index is 2690. The molecule has 3 heterocycles. The number of sulfone groups is 1. The van der Waals surface area contributed by atoms with Gasteiger partial charge in [0.15, 0.2) is 15.5 Å². The van der Waals surface area contributed by atoms with E-state index in [1.165, 1.54) is 0 Å². The molecule has 0 N–H and O–H groups in total. The van der Waals surface area contributed by atoms with Crippen LogP contribution < -0.4 is 0 Å². The van der Waals surface area contributed by atoms with E-state index in [1.807, 2.05) is 78.9 Å². The first-order valence-electron chi connectivity index (χ1n) is 14.8. The van der Waals surface area contributed by atoms with Gasteiger partial charge in [-0.1, -0.05) is 78.9 Å². The van der Waals surface area contributed by atoms with Gasteiger partial charge < -0.3 is 8.98 Å². The molecule has 2 aromatic heterocycles. The van der Waals surface area contributed by atoms with Gasteiger partial charge >= 0.3 is 0 Å². The molecule has 8 aromatic rings. The summed E-state index contributed by atoms with van der Waals surface area (Å²) >= 11 is 0. The number of rotatable bonds is 2. The fourth-order valence-electron chi connectivity index (χ4n) is 7.01. The first-order chi connectivity index (χ1) is 22.0. The van der Waals surface area contributed by atoms with Gasteiger partial charge in [0.05, 0.1) is 29.1 Å². The lowest BCUT2D eigenvalue weighted by atomic mass is 9.92. The number of benzene rings is 6. The van der Waals surface area contributed by atoms with Gasteiger partial charge in [-0.25, -0.2) is 13.3 Å². The molecule has 0 fully saturated rings. The predicted molar refractivity (Wildman–Crippen MR) is 182 cm³/mol. The summed E-state index contributed by atoms with van der Waals surface area (Å²) in [7, 11) is -3.37. The van der Waals surface area contributed by atoms with Crippen LogP contribution in [0.3, 0.4) is 0 Å². The molecule has 0 radical (unpaired) electrons. The average Bonchev–Trinajstić information content (AvgIpc) is 3.57. The van der Waals surface area contributed by atoms with Gasteiger partial charge in [0, 0.05) is 27.4 Å². The Hall–Kier alpha value is -5.64. The summed E-state index contributed by atoms with van der Waals surface area (Å²) < 4.78 is 35.2. The fourth-order valence-corrected chi connectivity index (χ4v) is 8.56. The fraction of sp³-hybridized carbons (Fsp3) is 0.0513. The number of hydrogen-bond acceptors (Lipinski definition) is 3. The van der Waals surface area contributed by atoms with E-state index in [-0.39, 0.29) is 11.5 Å². The highest BCUT2D eigenvalue weighted by molar-refractivity contribution is 7.89. The number of aromatic nitrogens is 1. The van der Waals surface area contributed by atoms with Crippen molar-refractivity contribution in [3.63, 3.8) is 0 Å². The Morgan fingerprint density at radius 3 is 2.18 bits per heavy atom. The molecular formula is C39H24N2O3S. The van der Waals surface area contributed by atoms with E-state index >= 15 is 0 Å². The molecule has 0 spiro atoms. The molecule has 0 bridgehead atoms. The van der Waals surface area contributed by atoms with Crippen LogP contribution in [-0.4, -0.2) is 13.0 Å². The van der Waals surface area contributed by atoms with E-state index in [0.29, 0.717) is 5.69 Å². The number of hydrogen-bond donors (Lipinski definition) is 0. The van der Waals surface area contributed by atoms with Crippen molar-refractivity contribution in [3.8, 4) is 27.9 Å². The van der Waals surface area contributed by atoms with E-state index in [0.717, 1.165) is 82.8 Å². The van der Waals surface area contributed by atoms with Crippen LogP contribution in [0, 0.1) is 6.57 Å². The maximum atomic E-state index is 13.3. The van der Waals surface area contributed by atoms with Gasteiger partial charge in [-0.3, -0.25) is 0 Å². The van der Waals surface area contributed by atoms with Gasteiger partial charge in [-0.15, -0.1) is 0 Å². The van der Waals surface area contributed by atoms with Gasteiger partial charge in [0.1, 0.15) is 11.2 Å². The monoisotopic (exact) mass is 600 g/mol. The molecule has 0 unspecified atom stereocenters. The van der Waals surface area contributed by atoms with Crippen molar-refractivity contribution in [2.45, 2.75) is 11.5 Å². The molecule has 0 aliphatic carbocycles. The molecule has 45 heavy (non-hydrogen) atoms.